The topological polar surface area (TPSA) is 72.2 Å². The van der Waals surface area contributed by atoms with E-state index in [2.05, 4.69) is 11.1 Å². The number of nitriles is 1. The van der Waals surface area contributed by atoms with E-state index in [1.54, 1.807) is 66.7 Å². The average molecular weight is 521 g/mol. The standard InChI is InChI=1S/C27H18Cl2N2O3S/c1-33-26-12-17(7-10-25(26)34-15-24(32)18-5-3-2-4-6-18)11-19(14-30)27-31-23(16-35-27)21-9-8-20(28)13-22(21)29/h2-13,16H,15H2,1H3/b19-11-. The number of hydrogen-bond donors (Lipinski definition) is 0. The highest BCUT2D eigenvalue weighted by Gasteiger charge is 2.14. The number of Topliss-reactive ketones (excluding diaryl/α,β-unsaturated/α-hetero) is 1. The van der Waals surface area contributed by atoms with Crippen LogP contribution in [0.4, 0.5) is 0 Å². The SMILES string of the molecule is COc1cc(/C=C(/C#N)c2nc(-c3ccc(Cl)cc3Cl)cs2)ccc1OCC(=O)c1ccccc1. The maximum atomic E-state index is 12.3. The molecule has 0 N–H and O–H groups in total. The Balaban J connectivity index is 1.54. The molecule has 8 heteroatoms. The normalized spacial score (nSPS) is 11.1. The summed E-state index contributed by atoms with van der Waals surface area (Å²) in [6, 6.07) is 21.6. The summed E-state index contributed by atoms with van der Waals surface area (Å²) < 4.78 is 11.1. The Bertz CT molecular complexity index is 1440. The molecule has 0 saturated heterocycles. The maximum Gasteiger partial charge on any atom is 0.200 e. The third kappa shape index (κ3) is 5.90. The minimum Gasteiger partial charge on any atom is -0.493 e. The van der Waals surface area contributed by atoms with Gasteiger partial charge in [-0.15, -0.1) is 11.3 Å². The quantitative estimate of drug-likeness (QED) is 0.178. The monoisotopic (exact) mass is 520 g/mol. The van der Waals surface area contributed by atoms with Gasteiger partial charge in [-0.05, 0) is 42.0 Å². The first-order valence-electron chi connectivity index (χ1n) is 10.4. The molecule has 4 rings (SSSR count). The second-order valence-corrected chi connectivity index (χ2v) is 9.02. The van der Waals surface area contributed by atoms with Crippen LogP contribution >= 0.6 is 34.5 Å². The van der Waals surface area contributed by atoms with Crippen molar-refractivity contribution < 1.29 is 14.3 Å². The zero-order chi connectivity index (χ0) is 24.8. The van der Waals surface area contributed by atoms with Crippen LogP contribution in [0.5, 0.6) is 11.5 Å². The van der Waals surface area contributed by atoms with E-state index < -0.39 is 0 Å². The number of rotatable bonds is 8. The van der Waals surface area contributed by atoms with Crippen molar-refractivity contribution in [3.05, 3.63) is 98.3 Å². The summed E-state index contributed by atoms with van der Waals surface area (Å²) in [4.78, 5) is 16.9. The molecule has 0 atom stereocenters. The number of halogens is 2. The fourth-order valence-corrected chi connectivity index (χ4v) is 4.56. The summed E-state index contributed by atoms with van der Waals surface area (Å²) in [5.74, 6) is 0.745. The summed E-state index contributed by atoms with van der Waals surface area (Å²) in [6.07, 6.45) is 1.72. The Morgan fingerprint density at radius 2 is 1.89 bits per heavy atom. The number of methoxy groups -OCH3 is 1. The van der Waals surface area contributed by atoms with Crippen molar-refractivity contribution in [2.24, 2.45) is 0 Å². The smallest absolute Gasteiger partial charge is 0.200 e. The van der Waals surface area contributed by atoms with E-state index in [0.29, 0.717) is 43.4 Å². The Morgan fingerprint density at radius 3 is 2.60 bits per heavy atom. The average Bonchev–Trinajstić information content (AvgIpc) is 3.36. The highest BCUT2D eigenvalue weighted by molar-refractivity contribution is 7.11. The molecule has 0 unspecified atom stereocenters. The van der Waals surface area contributed by atoms with E-state index in [1.165, 1.54) is 18.4 Å². The minimum absolute atomic E-state index is 0.117. The van der Waals surface area contributed by atoms with E-state index in [0.717, 1.165) is 11.1 Å². The number of benzene rings is 3. The van der Waals surface area contributed by atoms with Gasteiger partial charge in [0.15, 0.2) is 23.9 Å². The van der Waals surface area contributed by atoms with Crippen LogP contribution in [0.2, 0.25) is 10.0 Å². The van der Waals surface area contributed by atoms with Gasteiger partial charge in [-0.25, -0.2) is 4.98 Å². The lowest BCUT2D eigenvalue weighted by molar-refractivity contribution is 0.0919. The van der Waals surface area contributed by atoms with Crippen LogP contribution in [0, 0.1) is 11.3 Å². The number of carbonyl (C=O) groups excluding carboxylic acids is 1. The molecule has 35 heavy (non-hydrogen) atoms. The van der Waals surface area contributed by atoms with E-state index in [4.69, 9.17) is 32.7 Å². The second-order valence-electron chi connectivity index (χ2n) is 7.32. The maximum absolute atomic E-state index is 12.3. The molecular formula is C27H18Cl2N2O3S. The van der Waals surface area contributed by atoms with Gasteiger partial charge in [0.2, 0.25) is 0 Å². The molecule has 1 heterocycles. The molecule has 4 aromatic rings. The number of ketones is 1. The molecule has 0 aliphatic carbocycles. The van der Waals surface area contributed by atoms with Crippen LogP contribution in [0.15, 0.2) is 72.1 Å². The predicted molar refractivity (Wildman–Crippen MR) is 140 cm³/mol. The Labute approximate surface area is 216 Å². The van der Waals surface area contributed by atoms with Crippen LogP contribution in [0.1, 0.15) is 20.9 Å². The second kappa shape index (κ2) is 11.2. The van der Waals surface area contributed by atoms with Crippen LogP contribution in [-0.4, -0.2) is 24.5 Å². The molecule has 0 spiro atoms. The Morgan fingerprint density at radius 1 is 1.09 bits per heavy atom. The molecule has 1 aromatic heterocycles. The number of ether oxygens (including phenoxy) is 2. The number of aromatic nitrogens is 1. The number of allylic oxidation sites excluding steroid dienone is 1. The first-order chi connectivity index (χ1) is 17.0. The van der Waals surface area contributed by atoms with Crippen molar-refractivity contribution in [3.8, 4) is 28.8 Å². The lowest BCUT2D eigenvalue weighted by Crippen LogP contribution is -2.11. The summed E-state index contributed by atoms with van der Waals surface area (Å²) in [5, 5.41) is 13.2. The van der Waals surface area contributed by atoms with Gasteiger partial charge in [-0.3, -0.25) is 4.79 Å². The zero-order valence-electron chi connectivity index (χ0n) is 18.5. The molecule has 3 aromatic carbocycles. The van der Waals surface area contributed by atoms with E-state index in [1.807, 2.05) is 11.4 Å². The summed E-state index contributed by atoms with van der Waals surface area (Å²) in [5.41, 5.74) is 3.09. The highest BCUT2D eigenvalue weighted by Crippen LogP contribution is 2.34. The van der Waals surface area contributed by atoms with Gasteiger partial charge >= 0.3 is 0 Å². The van der Waals surface area contributed by atoms with Crippen molar-refractivity contribution in [3.63, 3.8) is 0 Å². The third-order valence-corrected chi connectivity index (χ3v) is 6.44. The number of nitrogens with zero attached hydrogens (tertiary/aromatic N) is 2. The zero-order valence-corrected chi connectivity index (χ0v) is 20.8. The van der Waals surface area contributed by atoms with Crippen molar-refractivity contribution in [1.82, 2.24) is 4.98 Å². The lowest BCUT2D eigenvalue weighted by atomic mass is 10.1. The fourth-order valence-electron chi connectivity index (χ4n) is 3.27. The highest BCUT2D eigenvalue weighted by atomic mass is 35.5. The van der Waals surface area contributed by atoms with Crippen molar-refractivity contribution in [1.29, 1.82) is 5.26 Å². The molecule has 5 nitrogen and oxygen atoms in total. The van der Waals surface area contributed by atoms with Crippen molar-refractivity contribution in [2.75, 3.05) is 13.7 Å². The Hall–Kier alpha value is -3.63. The number of thiazole rings is 1. The van der Waals surface area contributed by atoms with Gasteiger partial charge in [0.05, 0.1) is 23.4 Å². The van der Waals surface area contributed by atoms with Gasteiger partial charge < -0.3 is 9.47 Å². The van der Waals surface area contributed by atoms with Crippen molar-refractivity contribution >= 4 is 52.0 Å². The first-order valence-corrected chi connectivity index (χ1v) is 12.0. The summed E-state index contributed by atoms with van der Waals surface area (Å²) in [6.45, 7) is -0.117. The molecule has 0 fully saturated rings. The van der Waals surface area contributed by atoms with E-state index in [9.17, 15) is 10.1 Å². The molecule has 0 saturated carbocycles. The molecule has 0 bridgehead atoms. The predicted octanol–water partition coefficient (Wildman–Crippen LogP) is 7.45. The van der Waals surface area contributed by atoms with Crippen LogP contribution in [-0.2, 0) is 0 Å². The molecule has 0 amide bonds. The van der Waals surface area contributed by atoms with E-state index >= 15 is 0 Å². The molecule has 0 radical (unpaired) electrons. The number of hydrogen-bond acceptors (Lipinski definition) is 6. The van der Waals surface area contributed by atoms with Gasteiger partial charge in [-0.1, -0.05) is 59.6 Å². The lowest BCUT2D eigenvalue weighted by Gasteiger charge is -2.11. The minimum atomic E-state index is -0.135. The van der Waals surface area contributed by atoms with Gasteiger partial charge in [0, 0.05) is 21.5 Å². The fraction of sp³-hybridized carbons (Fsp3) is 0.0741. The van der Waals surface area contributed by atoms with Gasteiger partial charge in [-0.2, -0.15) is 5.26 Å². The van der Waals surface area contributed by atoms with Crippen LogP contribution in [0.3, 0.4) is 0 Å². The van der Waals surface area contributed by atoms with Gasteiger partial charge in [0.25, 0.3) is 0 Å². The molecular weight excluding hydrogens is 503 g/mol. The first kappa shape index (κ1) is 24.5. The number of carbonyl (C=O) groups is 1. The molecule has 0 aliphatic heterocycles. The molecule has 174 valence electrons. The van der Waals surface area contributed by atoms with Crippen LogP contribution < -0.4 is 9.47 Å². The van der Waals surface area contributed by atoms with Crippen molar-refractivity contribution in [2.45, 2.75) is 0 Å². The van der Waals surface area contributed by atoms with E-state index in [-0.39, 0.29) is 12.4 Å². The molecule has 0 aliphatic rings. The van der Waals surface area contributed by atoms with Crippen LogP contribution in [0.25, 0.3) is 22.9 Å². The summed E-state index contributed by atoms with van der Waals surface area (Å²) >= 11 is 13.6. The third-order valence-electron chi connectivity index (χ3n) is 5.02. The largest absolute Gasteiger partial charge is 0.493 e. The summed E-state index contributed by atoms with van der Waals surface area (Å²) in [7, 11) is 1.52. The Kier molecular flexibility index (Phi) is 7.84. The van der Waals surface area contributed by atoms with Gasteiger partial charge in [0.1, 0.15) is 11.1 Å².